The molecule has 4 saturated carbocycles. The van der Waals surface area contributed by atoms with Crippen molar-refractivity contribution >= 4 is 20.1 Å². The first-order valence-corrected chi connectivity index (χ1v) is 31.0. The Kier molecular flexibility index (Phi) is 19.2. The van der Waals surface area contributed by atoms with Gasteiger partial charge in [-0.25, -0.2) is 4.79 Å². The van der Waals surface area contributed by atoms with Gasteiger partial charge in [-0.05, 0) is 150 Å². The van der Waals surface area contributed by atoms with Gasteiger partial charge in [0.05, 0.1) is 24.9 Å². The maximum Gasteiger partial charge on any atom is 0.338 e. The number of ether oxygens (including phenoxy) is 3. The van der Waals surface area contributed by atoms with Crippen molar-refractivity contribution in [2.75, 3.05) is 13.2 Å². The number of esters is 1. The highest BCUT2D eigenvalue weighted by molar-refractivity contribution is 6.74. The third kappa shape index (κ3) is 14.0. The molecule has 390 valence electrons. The number of hydrogen-bond acceptors (Lipinski definition) is 6. The molecule has 1 saturated heterocycles. The van der Waals surface area contributed by atoms with Gasteiger partial charge < -0.3 is 18.6 Å². The fourth-order valence-corrected chi connectivity index (χ4v) is 13.2. The summed E-state index contributed by atoms with van der Waals surface area (Å²) in [6, 6.07) is 30.9. The van der Waals surface area contributed by atoms with Crippen LogP contribution in [0.15, 0.2) is 140 Å². The highest BCUT2D eigenvalue weighted by Gasteiger charge is 2.53. The van der Waals surface area contributed by atoms with Gasteiger partial charge in [0.1, 0.15) is 11.9 Å². The van der Waals surface area contributed by atoms with Gasteiger partial charge in [0.15, 0.2) is 14.1 Å². The first-order valence-electron chi connectivity index (χ1n) is 28.1. The molecule has 5 aliphatic rings. The van der Waals surface area contributed by atoms with Gasteiger partial charge in [-0.2, -0.15) is 0 Å². The minimum Gasteiger partial charge on any atom is -0.454 e. The zero-order valence-corrected chi connectivity index (χ0v) is 46.4. The van der Waals surface area contributed by atoms with Crippen molar-refractivity contribution in [1.82, 2.24) is 0 Å². The van der Waals surface area contributed by atoms with Crippen LogP contribution in [0.25, 0.3) is 0 Å². The summed E-state index contributed by atoms with van der Waals surface area (Å²) in [5, 5.41) is 0.186. The Morgan fingerprint density at radius 3 is 1.65 bits per heavy atom. The van der Waals surface area contributed by atoms with Gasteiger partial charge in [-0.15, -0.1) is 0 Å². The van der Waals surface area contributed by atoms with Gasteiger partial charge in [-0.1, -0.05) is 175 Å². The molecule has 0 aromatic heterocycles. The van der Waals surface area contributed by atoms with E-state index in [2.05, 4.69) is 157 Å². The molecule has 4 aliphatic carbocycles. The number of Topliss-reactive ketones (excluding diaryl/α,β-unsaturated/α-hetero) is 1. The van der Waals surface area contributed by atoms with Crippen LogP contribution in [0.1, 0.15) is 172 Å². The average molecular weight is 996 g/mol. The number of hydrogen-bond donors (Lipinski definition) is 0. The van der Waals surface area contributed by atoms with Gasteiger partial charge in [0.25, 0.3) is 0 Å². The number of carbonyl (C=O) groups excluding carboxylic acids is 2. The van der Waals surface area contributed by atoms with Crippen molar-refractivity contribution < 1.29 is 28.2 Å². The molecule has 72 heavy (non-hydrogen) atoms. The average Bonchev–Trinajstić information content (AvgIpc) is 3.83. The molecule has 2 unspecified atom stereocenters. The Balaban J connectivity index is 0.000000213. The zero-order valence-electron chi connectivity index (χ0n) is 45.4. The van der Waals surface area contributed by atoms with Crippen LogP contribution in [0.5, 0.6) is 0 Å². The topological polar surface area (TPSA) is 71.1 Å². The van der Waals surface area contributed by atoms with Crippen molar-refractivity contribution in [3.05, 3.63) is 156 Å². The summed E-state index contributed by atoms with van der Waals surface area (Å²) in [5.41, 5.74) is 3.20. The second-order valence-electron chi connectivity index (χ2n) is 24.2. The van der Waals surface area contributed by atoms with Crippen molar-refractivity contribution in [3.63, 3.8) is 0 Å². The van der Waals surface area contributed by atoms with E-state index in [4.69, 9.17) is 18.6 Å². The van der Waals surface area contributed by atoms with E-state index in [1.54, 1.807) is 0 Å². The van der Waals surface area contributed by atoms with Crippen molar-refractivity contribution in [1.29, 1.82) is 0 Å². The third-order valence-corrected chi connectivity index (χ3v) is 22.6. The van der Waals surface area contributed by atoms with Crippen LogP contribution in [-0.2, 0) is 36.3 Å². The summed E-state index contributed by atoms with van der Waals surface area (Å²) in [7, 11) is -1.91. The van der Waals surface area contributed by atoms with E-state index >= 15 is 0 Å². The molecule has 5 fully saturated rings. The first kappa shape index (κ1) is 55.6. The van der Waals surface area contributed by atoms with Gasteiger partial charge >= 0.3 is 5.97 Å². The van der Waals surface area contributed by atoms with Gasteiger partial charge in [0.2, 0.25) is 0 Å². The van der Waals surface area contributed by atoms with E-state index in [1.807, 2.05) is 30.3 Å². The molecule has 0 radical (unpaired) electrons. The molecule has 3 aromatic carbocycles. The predicted molar refractivity (Wildman–Crippen MR) is 298 cm³/mol. The summed E-state index contributed by atoms with van der Waals surface area (Å²) >= 11 is 0. The van der Waals surface area contributed by atoms with Crippen molar-refractivity contribution in [2.45, 2.75) is 199 Å². The fraction of sp³-hybridized carbons (Fsp3) is 0.569. The molecule has 0 amide bonds. The Morgan fingerprint density at radius 1 is 0.625 bits per heavy atom. The largest absolute Gasteiger partial charge is 0.454 e. The summed E-state index contributed by atoms with van der Waals surface area (Å²) in [5.74, 6) is -0.347. The molecule has 0 bridgehead atoms. The summed E-state index contributed by atoms with van der Waals surface area (Å²) < 4.78 is 25.7. The quantitative estimate of drug-likeness (QED) is 0.0638. The Bertz CT molecular complexity index is 2280. The maximum atomic E-state index is 13.1. The molecule has 6 nitrogen and oxygen atoms in total. The Morgan fingerprint density at radius 2 is 1.12 bits per heavy atom. The number of rotatable bonds is 20. The molecule has 4 atom stereocenters. The van der Waals surface area contributed by atoms with Gasteiger partial charge in [-0.3, -0.25) is 4.79 Å². The van der Waals surface area contributed by atoms with Crippen LogP contribution in [0, 0.1) is 21.7 Å². The van der Waals surface area contributed by atoms with E-state index in [-0.39, 0.29) is 44.9 Å². The number of allylic oxidation sites excluding steroid dienone is 5. The van der Waals surface area contributed by atoms with Gasteiger partial charge in [0, 0.05) is 29.1 Å². The Hall–Kier alpha value is -4.14. The lowest BCUT2D eigenvalue weighted by Gasteiger charge is -2.51. The molecule has 0 N–H and O–H groups in total. The standard InChI is InChI=1S/C34H42O4.C31H48O2Si/c1-32(21-10-11-25-34(32)36-26-27-37-34)20-9-8-19-30(38-31(35)29-17-6-3-7-18-29)33(23-13-24-33)22-12-16-28-14-4-2-5-15-28;1-29(2,3)34(5,6)33-28(20-11-13-22-30(4)21-12-10-19-27(30)32)31(24-15-25-31)23-14-18-26-16-8-7-9-17-26/h2-9,14-15,17-20,30H,10-13,16,21-27H2,1H3;7-9,11,13,16-17,20,22,28H,10,12,14-15,18-19,21,23-25H2,1-6H3/b19-8+,20-9+;20-11+,22-13+/t30?,32-;28?,30-/m10/s1. The molecule has 1 aliphatic heterocycles. The molecule has 1 spiro atoms. The van der Waals surface area contributed by atoms with E-state index in [0.717, 1.165) is 83.5 Å². The van der Waals surface area contributed by atoms with E-state index in [0.29, 0.717) is 24.6 Å². The summed E-state index contributed by atoms with van der Waals surface area (Å²) in [6.07, 6.45) is 39.4. The molecule has 1 heterocycles. The van der Waals surface area contributed by atoms with E-state index < -0.39 is 14.1 Å². The lowest BCUT2D eigenvalue weighted by atomic mass is 9.62. The predicted octanol–water partition coefficient (Wildman–Crippen LogP) is 16.7. The summed E-state index contributed by atoms with van der Waals surface area (Å²) in [4.78, 5) is 25.6. The van der Waals surface area contributed by atoms with Crippen LogP contribution in [0.3, 0.4) is 0 Å². The number of aryl methyl sites for hydroxylation is 2. The lowest BCUT2D eigenvalue weighted by molar-refractivity contribution is -0.235. The van der Waals surface area contributed by atoms with E-state index in [9.17, 15) is 9.59 Å². The van der Waals surface area contributed by atoms with E-state index in [1.165, 1.54) is 56.1 Å². The van der Waals surface area contributed by atoms with Crippen molar-refractivity contribution in [2.24, 2.45) is 21.7 Å². The van der Waals surface area contributed by atoms with Crippen LogP contribution < -0.4 is 0 Å². The van der Waals surface area contributed by atoms with Crippen molar-refractivity contribution in [3.8, 4) is 0 Å². The minimum atomic E-state index is -1.91. The third-order valence-electron chi connectivity index (χ3n) is 18.1. The second-order valence-corrected chi connectivity index (χ2v) is 29.0. The SMILES string of the molecule is CC(C)(C)[Si](C)(C)OC(/C=C/C=C/[C@]1(C)CCCCC1=O)C1(CCCc2ccccc2)CCC1.C[C@@]1(/C=C/C=C/C(OC(=O)c2ccccc2)C2(CCCc3ccccc3)CCC2)CCCCC12OCCO2. The maximum absolute atomic E-state index is 13.1. The highest BCUT2D eigenvalue weighted by Crippen LogP contribution is 2.53. The number of ketones is 1. The molecule has 8 rings (SSSR count). The van der Waals surface area contributed by atoms with Crippen LogP contribution in [-0.4, -0.2) is 51.3 Å². The first-order chi connectivity index (χ1) is 34.5. The number of carbonyl (C=O) groups is 2. The zero-order chi connectivity index (χ0) is 51.2. The normalized spacial score (nSPS) is 24.7. The highest BCUT2D eigenvalue weighted by atomic mass is 28.4. The second kappa shape index (κ2) is 24.9. The fourth-order valence-electron chi connectivity index (χ4n) is 11.9. The van der Waals surface area contributed by atoms with Crippen LogP contribution >= 0.6 is 0 Å². The minimum absolute atomic E-state index is 0.00278. The Labute approximate surface area is 436 Å². The lowest BCUT2D eigenvalue weighted by Crippen LogP contribution is -2.51. The summed E-state index contributed by atoms with van der Waals surface area (Å²) in [6.45, 7) is 17.5. The molecular weight excluding hydrogens is 905 g/mol. The molecule has 3 aromatic rings. The molecule has 7 heteroatoms. The monoisotopic (exact) mass is 995 g/mol. The smallest absolute Gasteiger partial charge is 0.338 e. The molecular formula is C65H90O6Si. The van der Waals surface area contributed by atoms with Crippen LogP contribution in [0.2, 0.25) is 18.1 Å². The number of benzene rings is 3. The van der Waals surface area contributed by atoms with Crippen LogP contribution in [0.4, 0.5) is 0 Å².